The van der Waals surface area contributed by atoms with Crippen LogP contribution in [0.2, 0.25) is 0 Å². The Bertz CT molecular complexity index is 1020. The predicted molar refractivity (Wildman–Crippen MR) is 103 cm³/mol. The van der Waals surface area contributed by atoms with E-state index < -0.39 is 34.4 Å². The SMILES string of the molecule is O=C(O)CC1(CC(=O)Nc2ccsc2-c2nc(C(=O)O)c(O)c(=O)[nH]2)CCCC1. The van der Waals surface area contributed by atoms with E-state index in [4.69, 9.17) is 5.11 Å². The first-order chi connectivity index (χ1) is 13.7. The number of carboxylic acids is 2. The van der Waals surface area contributed by atoms with Gasteiger partial charge in [0.2, 0.25) is 11.7 Å². The van der Waals surface area contributed by atoms with Crippen molar-refractivity contribution in [2.75, 3.05) is 5.32 Å². The fourth-order valence-electron chi connectivity index (χ4n) is 3.71. The van der Waals surface area contributed by atoms with Crippen molar-refractivity contribution < 1.29 is 29.7 Å². The van der Waals surface area contributed by atoms with Crippen LogP contribution in [0.1, 0.15) is 49.0 Å². The molecule has 0 radical (unpaired) electrons. The maximum absolute atomic E-state index is 12.6. The number of amides is 1. The third-order valence-electron chi connectivity index (χ3n) is 4.98. The van der Waals surface area contributed by atoms with Gasteiger partial charge in [0.25, 0.3) is 5.56 Å². The van der Waals surface area contributed by atoms with Crippen LogP contribution in [0.4, 0.5) is 5.69 Å². The van der Waals surface area contributed by atoms with Gasteiger partial charge in [-0.2, -0.15) is 0 Å². The van der Waals surface area contributed by atoms with Crippen molar-refractivity contribution in [3.63, 3.8) is 0 Å². The van der Waals surface area contributed by atoms with E-state index in [0.29, 0.717) is 23.4 Å². The second-order valence-corrected chi connectivity index (χ2v) is 8.00. The molecule has 0 bridgehead atoms. The fraction of sp³-hybridized carbons (Fsp3) is 0.389. The molecular formula is C18H19N3O7S. The largest absolute Gasteiger partial charge is 0.501 e. The summed E-state index contributed by atoms with van der Waals surface area (Å²) in [5, 5.41) is 32.2. The second-order valence-electron chi connectivity index (χ2n) is 7.08. The van der Waals surface area contributed by atoms with Gasteiger partial charge in [-0.3, -0.25) is 14.4 Å². The van der Waals surface area contributed by atoms with Crippen molar-refractivity contribution in [3.8, 4) is 16.5 Å². The van der Waals surface area contributed by atoms with Crippen LogP contribution < -0.4 is 10.9 Å². The topological polar surface area (TPSA) is 170 Å². The molecule has 0 aromatic carbocycles. The Labute approximate surface area is 168 Å². The zero-order valence-corrected chi connectivity index (χ0v) is 16.0. The lowest BCUT2D eigenvalue weighted by atomic mass is 9.79. The highest BCUT2D eigenvalue weighted by Crippen LogP contribution is 2.44. The number of aromatic amines is 1. The molecule has 1 saturated carbocycles. The molecule has 29 heavy (non-hydrogen) atoms. The van der Waals surface area contributed by atoms with Gasteiger partial charge >= 0.3 is 11.9 Å². The third-order valence-corrected chi connectivity index (χ3v) is 5.90. The Hall–Kier alpha value is -3.21. The summed E-state index contributed by atoms with van der Waals surface area (Å²) in [6.07, 6.45) is 3.05. The van der Waals surface area contributed by atoms with E-state index in [1.165, 1.54) is 0 Å². The van der Waals surface area contributed by atoms with E-state index in [1.54, 1.807) is 11.4 Å². The number of hydrogen-bond acceptors (Lipinski definition) is 7. The summed E-state index contributed by atoms with van der Waals surface area (Å²) in [6, 6.07) is 1.57. The molecule has 1 amide bonds. The summed E-state index contributed by atoms with van der Waals surface area (Å²) >= 11 is 1.12. The molecular weight excluding hydrogens is 402 g/mol. The van der Waals surface area contributed by atoms with Gasteiger partial charge in [0.15, 0.2) is 11.5 Å². The monoisotopic (exact) mass is 421 g/mol. The van der Waals surface area contributed by atoms with E-state index in [-0.39, 0.29) is 24.6 Å². The lowest BCUT2D eigenvalue weighted by molar-refractivity contribution is -0.140. The molecule has 2 aromatic rings. The van der Waals surface area contributed by atoms with Gasteiger partial charge in [0, 0.05) is 6.42 Å². The summed E-state index contributed by atoms with van der Waals surface area (Å²) in [5.41, 5.74) is -2.06. The van der Waals surface area contributed by atoms with Crippen LogP contribution in [0.5, 0.6) is 5.75 Å². The van der Waals surface area contributed by atoms with Crippen LogP contribution in [-0.4, -0.2) is 43.1 Å². The van der Waals surface area contributed by atoms with Gasteiger partial charge in [0.05, 0.1) is 17.0 Å². The minimum Gasteiger partial charge on any atom is -0.501 e. The molecule has 11 heteroatoms. The van der Waals surface area contributed by atoms with Crippen LogP contribution in [0.25, 0.3) is 10.7 Å². The molecule has 1 fully saturated rings. The Kier molecular flexibility index (Phi) is 5.69. The predicted octanol–water partition coefficient (Wildman–Crippen LogP) is 2.27. The molecule has 0 aliphatic heterocycles. The van der Waals surface area contributed by atoms with Gasteiger partial charge in [-0.1, -0.05) is 12.8 Å². The van der Waals surface area contributed by atoms with Crippen LogP contribution in [0.3, 0.4) is 0 Å². The molecule has 0 unspecified atom stereocenters. The smallest absolute Gasteiger partial charge is 0.358 e. The summed E-state index contributed by atoms with van der Waals surface area (Å²) in [4.78, 5) is 53.2. The molecule has 0 saturated heterocycles. The average molecular weight is 421 g/mol. The highest BCUT2D eigenvalue weighted by Gasteiger charge is 2.38. The normalized spacial score (nSPS) is 15.2. The summed E-state index contributed by atoms with van der Waals surface area (Å²) in [6.45, 7) is 0. The van der Waals surface area contributed by atoms with E-state index in [1.807, 2.05) is 0 Å². The Morgan fingerprint density at radius 2 is 1.90 bits per heavy atom. The minimum atomic E-state index is -1.56. The number of hydrogen-bond donors (Lipinski definition) is 5. The van der Waals surface area contributed by atoms with E-state index in [2.05, 4.69) is 15.3 Å². The number of rotatable bonds is 7. The first-order valence-corrected chi connectivity index (χ1v) is 9.75. The molecule has 5 N–H and O–H groups in total. The molecule has 3 rings (SSSR count). The lowest BCUT2D eigenvalue weighted by Gasteiger charge is -2.26. The van der Waals surface area contributed by atoms with Crippen LogP contribution in [-0.2, 0) is 9.59 Å². The number of nitrogens with zero attached hydrogens (tertiary/aromatic N) is 1. The number of aromatic nitrogens is 2. The highest BCUT2D eigenvalue weighted by molar-refractivity contribution is 7.14. The number of aliphatic carboxylic acids is 1. The third kappa shape index (κ3) is 4.45. The molecule has 154 valence electrons. The van der Waals surface area contributed by atoms with E-state index in [9.17, 15) is 29.4 Å². The number of carbonyl (C=O) groups excluding carboxylic acids is 1. The quantitative estimate of drug-likeness (QED) is 0.453. The van der Waals surface area contributed by atoms with Crippen molar-refractivity contribution in [2.45, 2.75) is 38.5 Å². The van der Waals surface area contributed by atoms with Gasteiger partial charge in [0.1, 0.15) is 0 Å². The number of aromatic carboxylic acids is 1. The molecule has 0 atom stereocenters. The lowest BCUT2D eigenvalue weighted by Crippen LogP contribution is -2.27. The maximum Gasteiger partial charge on any atom is 0.358 e. The van der Waals surface area contributed by atoms with Crippen molar-refractivity contribution >= 4 is 34.9 Å². The maximum atomic E-state index is 12.6. The van der Waals surface area contributed by atoms with Crippen molar-refractivity contribution in [2.24, 2.45) is 5.41 Å². The molecule has 0 spiro atoms. The number of nitrogens with one attached hydrogen (secondary N) is 2. The van der Waals surface area contributed by atoms with E-state index >= 15 is 0 Å². The Balaban J connectivity index is 1.84. The second kappa shape index (κ2) is 8.03. The number of carboxylic acid groups (broad SMARTS) is 2. The fourth-order valence-corrected chi connectivity index (χ4v) is 4.51. The average Bonchev–Trinajstić information content (AvgIpc) is 3.26. The summed E-state index contributed by atoms with van der Waals surface area (Å²) in [7, 11) is 0. The summed E-state index contributed by atoms with van der Waals surface area (Å²) < 4.78 is 0. The number of anilines is 1. The molecule has 1 aliphatic rings. The molecule has 1 aliphatic carbocycles. The summed E-state index contributed by atoms with van der Waals surface area (Å²) in [5.74, 6) is -3.97. The number of aromatic hydroxyl groups is 1. The van der Waals surface area contributed by atoms with Crippen LogP contribution >= 0.6 is 11.3 Å². The zero-order valence-electron chi connectivity index (χ0n) is 15.2. The van der Waals surface area contributed by atoms with Gasteiger partial charge in [-0.15, -0.1) is 11.3 Å². The standard InChI is InChI=1S/C18H19N3O7S/c22-10(7-18(8-11(23)24)4-1-2-5-18)19-9-3-6-29-14(9)15-20-12(17(27)28)13(25)16(26)21-15/h3,6,25H,1-2,4-5,7-8H2,(H,19,22)(H,23,24)(H,27,28)(H,20,21,26). The zero-order chi connectivity index (χ0) is 21.2. The number of H-pyrrole nitrogens is 1. The highest BCUT2D eigenvalue weighted by atomic mass is 32.1. The van der Waals surface area contributed by atoms with Gasteiger partial charge in [-0.25, -0.2) is 9.78 Å². The van der Waals surface area contributed by atoms with Crippen molar-refractivity contribution in [1.29, 1.82) is 0 Å². The Morgan fingerprint density at radius 3 is 2.52 bits per heavy atom. The first-order valence-electron chi connectivity index (χ1n) is 8.87. The number of thiophene rings is 1. The van der Waals surface area contributed by atoms with Gasteiger partial charge < -0.3 is 25.6 Å². The minimum absolute atomic E-state index is 0.0501. The molecule has 2 aromatic heterocycles. The van der Waals surface area contributed by atoms with Crippen molar-refractivity contribution in [1.82, 2.24) is 9.97 Å². The Morgan fingerprint density at radius 1 is 1.21 bits per heavy atom. The van der Waals surface area contributed by atoms with E-state index in [0.717, 1.165) is 24.2 Å². The first kappa shape index (κ1) is 20.5. The van der Waals surface area contributed by atoms with Crippen LogP contribution in [0, 0.1) is 5.41 Å². The molecule has 10 nitrogen and oxygen atoms in total. The van der Waals surface area contributed by atoms with Crippen molar-refractivity contribution in [3.05, 3.63) is 27.5 Å². The molecule has 2 heterocycles. The van der Waals surface area contributed by atoms with Crippen LogP contribution in [0.15, 0.2) is 16.2 Å². The van der Waals surface area contributed by atoms with Gasteiger partial charge in [-0.05, 0) is 29.7 Å². The number of carbonyl (C=O) groups is 3.